The minimum absolute atomic E-state index is 0. The fourth-order valence-electron chi connectivity index (χ4n) is 3.89. The van der Waals surface area contributed by atoms with Crippen molar-refractivity contribution in [2.75, 3.05) is 13.1 Å². The molecule has 1 N–H and O–H groups in total. The van der Waals surface area contributed by atoms with Gasteiger partial charge in [0.1, 0.15) is 11.3 Å². The summed E-state index contributed by atoms with van der Waals surface area (Å²) in [4.78, 5) is 26.1. The molecule has 3 rings (SSSR count). The van der Waals surface area contributed by atoms with Crippen LogP contribution in [-0.2, 0) is 11.2 Å². The first-order chi connectivity index (χ1) is 16.9. The highest BCUT2D eigenvalue weighted by Crippen LogP contribution is 2.31. The van der Waals surface area contributed by atoms with Crippen LogP contribution < -0.4 is 5.32 Å². The van der Waals surface area contributed by atoms with Crippen LogP contribution in [-0.4, -0.2) is 30.9 Å². The molecule has 6 heteroatoms. The van der Waals surface area contributed by atoms with E-state index in [1.54, 1.807) is 18.2 Å². The number of benzene rings is 2. The normalized spacial score (nSPS) is 11.2. The molecule has 0 radical (unpaired) electrons. The van der Waals surface area contributed by atoms with Crippen LogP contribution in [0.5, 0.6) is 0 Å². The molecule has 0 saturated carbocycles. The van der Waals surface area contributed by atoms with E-state index in [1.165, 1.54) is 12.8 Å². The molecule has 0 amide bonds. The third kappa shape index (κ3) is 7.81. The van der Waals surface area contributed by atoms with Gasteiger partial charge in [0.05, 0.1) is 17.2 Å². The van der Waals surface area contributed by atoms with E-state index in [2.05, 4.69) is 31.3 Å². The second-order valence-corrected chi connectivity index (χ2v) is 9.08. The first kappa shape index (κ1) is 29.3. The van der Waals surface area contributed by atoms with Gasteiger partial charge in [0, 0.05) is 23.9 Å². The second-order valence-electron chi connectivity index (χ2n) is 9.08. The van der Waals surface area contributed by atoms with Crippen molar-refractivity contribution in [2.24, 2.45) is 0 Å². The number of ether oxygens (including phenoxy) is 1. The minimum atomic E-state index is -0.406. The second kappa shape index (κ2) is 14.6. The highest BCUT2D eigenvalue weighted by Gasteiger charge is 2.23. The number of hydrogen-bond donors (Lipinski definition) is 1. The molecule has 0 aliphatic rings. The molecule has 0 saturated heterocycles. The van der Waals surface area contributed by atoms with Gasteiger partial charge in [0.25, 0.3) is 0 Å². The van der Waals surface area contributed by atoms with Gasteiger partial charge in [0.15, 0.2) is 5.78 Å². The Labute approximate surface area is 220 Å². The van der Waals surface area contributed by atoms with Gasteiger partial charge in [-0.15, -0.1) is 12.4 Å². The van der Waals surface area contributed by atoms with E-state index in [4.69, 9.17) is 9.15 Å². The molecule has 0 atom stereocenters. The maximum absolute atomic E-state index is 13.6. The van der Waals surface area contributed by atoms with Gasteiger partial charge in [-0.05, 0) is 57.0 Å². The maximum atomic E-state index is 13.6. The molecule has 0 spiro atoms. The van der Waals surface area contributed by atoms with Gasteiger partial charge < -0.3 is 14.5 Å². The summed E-state index contributed by atoms with van der Waals surface area (Å²) in [6, 6.07) is 12.8. The number of nitrogens with one attached hydrogen (secondary N) is 1. The van der Waals surface area contributed by atoms with Crippen molar-refractivity contribution in [1.82, 2.24) is 5.32 Å². The highest BCUT2D eigenvalue weighted by atomic mass is 35.5. The van der Waals surface area contributed by atoms with Gasteiger partial charge in [0.2, 0.25) is 0 Å². The summed E-state index contributed by atoms with van der Waals surface area (Å²) in [6.07, 6.45) is 8.86. The lowest BCUT2D eigenvalue weighted by atomic mass is 9.97. The molecule has 1 heterocycles. The molecule has 0 aliphatic heterocycles. The molecule has 0 bridgehead atoms. The van der Waals surface area contributed by atoms with Crippen LogP contribution in [0, 0.1) is 0 Å². The number of ketones is 1. The number of furan rings is 1. The molecule has 0 aliphatic carbocycles. The van der Waals surface area contributed by atoms with E-state index in [9.17, 15) is 9.59 Å². The van der Waals surface area contributed by atoms with E-state index in [0.29, 0.717) is 39.8 Å². The van der Waals surface area contributed by atoms with E-state index in [-0.39, 0.29) is 24.3 Å². The zero-order valence-corrected chi connectivity index (χ0v) is 22.6. The summed E-state index contributed by atoms with van der Waals surface area (Å²) < 4.78 is 11.4. The van der Waals surface area contributed by atoms with E-state index < -0.39 is 5.97 Å². The van der Waals surface area contributed by atoms with Crippen LogP contribution in [0.3, 0.4) is 0 Å². The first-order valence-electron chi connectivity index (χ1n) is 12.7. The Bertz CT molecular complexity index is 1160. The average molecular weight is 512 g/mol. The van der Waals surface area contributed by atoms with Crippen LogP contribution in [0.2, 0.25) is 0 Å². The predicted molar refractivity (Wildman–Crippen MR) is 149 cm³/mol. The zero-order valence-electron chi connectivity index (χ0n) is 21.8. The number of carbonyl (C=O) groups excluding carboxylic acids is 2. The van der Waals surface area contributed by atoms with Gasteiger partial charge in [-0.2, -0.15) is 0 Å². The number of halogens is 1. The van der Waals surface area contributed by atoms with E-state index in [1.807, 2.05) is 38.1 Å². The Balaban J connectivity index is 0.00000456. The molecule has 3 aromatic rings. The lowest BCUT2D eigenvalue weighted by Gasteiger charge is -2.08. The van der Waals surface area contributed by atoms with Crippen LogP contribution in [0.15, 0.2) is 53.0 Å². The summed E-state index contributed by atoms with van der Waals surface area (Å²) in [5.74, 6) is 0.168. The van der Waals surface area contributed by atoms with Crippen molar-refractivity contribution in [1.29, 1.82) is 0 Å². The van der Waals surface area contributed by atoms with Crippen molar-refractivity contribution >= 4 is 41.2 Å². The average Bonchev–Trinajstić information content (AvgIpc) is 3.21. The van der Waals surface area contributed by atoms with E-state index in [0.717, 1.165) is 31.5 Å². The van der Waals surface area contributed by atoms with Gasteiger partial charge in [-0.25, -0.2) is 4.79 Å². The molecule has 1 aromatic heterocycles. The Hall–Kier alpha value is -2.89. The third-order valence-electron chi connectivity index (χ3n) is 5.78. The quantitative estimate of drug-likeness (QED) is 0.147. The summed E-state index contributed by atoms with van der Waals surface area (Å²) in [6.45, 7) is 9.76. The summed E-state index contributed by atoms with van der Waals surface area (Å²) in [5, 5.41) is 4.04. The Morgan fingerprint density at radius 2 is 1.69 bits per heavy atom. The molecule has 194 valence electrons. The first-order valence-corrected chi connectivity index (χ1v) is 12.7. The number of carbonyl (C=O) groups is 2. The number of rotatable bonds is 13. The van der Waals surface area contributed by atoms with Crippen molar-refractivity contribution in [3.63, 3.8) is 0 Å². The zero-order chi connectivity index (χ0) is 25.2. The Morgan fingerprint density at radius 3 is 2.36 bits per heavy atom. The van der Waals surface area contributed by atoms with Crippen LogP contribution in [0.4, 0.5) is 0 Å². The summed E-state index contributed by atoms with van der Waals surface area (Å²) >= 11 is 0. The molecule has 2 aromatic carbocycles. The van der Waals surface area contributed by atoms with Gasteiger partial charge in [-0.1, -0.05) is 63.1 Å². The molecular weight excluding hydrogens is 474 g/mol. The lowest BCUT2D eigenvalue weighted by Crippen LogP contribution is -2.14. The lowest BCUT2D eigenvalue weighted by molar-refractivity contribution is 0.0378. The standard InChI is InChI=1S/C30H37NO4.ClH/c1-5-7-11-27-28(25-20-24(16-17-26(25)35-27)30(33)34-21(3)4)29(32)23-14-12-22(13-15-23)10-9-19-31-18-8-6-2;/h9-10,12-17,20-21,31H,5-8,11,18-19H2,1-4H3;1H. The number of esters is 1. The van der Waals surface area contributed by atoms with Crippen LogP contribution in [0.1, 0.15) is 91.0 Å². The van der Waals surface area contributed by atoms with E-state index >= 15 is 0 Å². The van der Waals surface area contributed by atoms with Crippen molar-refractivity contribution in [3.8, 4) is 0 Å². The van der Waals surface area contributed by atoms with Crippen LogP contribution in [0.25, 0.3) is 17.0 Å². The Kier molecular flexibility index (Phi) is 11.9. The van der Waals surface area contributed by atoms with Crippen molar-refractivity contribution < 1.29 is 18.7 Å². The van der Waals surface area contributed by atoms with Gasteiger partial charge in [-0.3, -0.25) is 4.79 Å². The Morgan fingerprint density at radius 1 is 1.00 bits per heavy atom. The third-order valence-corrected chi connectivity index (χ3v) is 5.78. The number of fused-ring (bicyclic) bond motifs is 1. The molecular formula is C30H38ClNO4. The fourth-order valence-corrected chi connectivity index (χ4v) is 3.89. The monoisotopic (exact) mass is 511 g/mol. The number of aryl methyl sites for hydroxylation is 1. The van der Waals surface area contributed by atoms with Crippen LogP contribution >= 0.6 is 12.4 Å². The highest BCUT2D eigenvalue weighted by molar-refractivity contribution is 6.17. The maximum Gasteiger partial charge on any atom is 0.338 e. The molecule has 0 unspecified atom stereocenters. The fraction of sp³-hybridized carbons (Fsp3) is 0.400. The van der Waals surface area contributed by atoms with Gasteiger partial charge >= 0.3 is 5.97 Å². The number of hydrogen-bond acceptors (Lipinski definition) is 5. The van der Waals surface area contributed by atoms with Crippen molar-refractivity contribution in [3.05, 3.63) is 76.6 Å². The SMILES string of the molecule is CCCCNCC=Cc1ccc(C(=O)c2c(CCCC)oc3ccc(C(=O)OC(C)C)cc23)cc1.Cl. The largest absolute Gasteiger partial charge is 0.460 e. The summed E-state index contributed by atoms with van der Waals surface area (Å²) in [7, 11) is 0. The smallest absolute Gasteiger partial charge is 0.338 e. The molecule has 5 nitrogen and oxygen atoms in total. The number of unbranched alkanes of at least 4 members (excludes halogenated alkanes) is 2. The topological polar surface area (TPSA) is 68.5 Å². The van der Waals surface area contributed by atoms with Crippen molar-refractivity contribution in [2.45, 2.75) is 65.9 Å². The predicted octanol–water partition coefficient (Wildman–Crippen LogP) is 7.40. The summed E-state index contributed by atoms with van der Waals surface area (Å²) in [5.41, 5.74) is 3.20. The minimum Gasteiger partial charge on any atom is -0.460 e. The molecule has 0 fully saturated rings. The molecule has 36 heavy (non-hydrogen) atoms.